The average Bonchev–Trinajstić information content (AvgIpc) is 2.32. The predicted molar refractivity (Wildman–Crippen MR) is 82.1 cm³/mol. The first-order valence-corrected chi connectivity index (χ1v) is 7.16. The van der Waals surface area contributed by atoms with Crippen LogP contribution in [0.3, 0.4) is 0 Å². The number of anilines is 1. The van der Waals surface area contributed by atoms with Crippen molar-refractivity contribution in [3.63, 3.8) is 0 Å². The molecule has 0 atom stereocenters. The third-order valence-corrected chi connectivity index (χ3v) is 4.18. The van der Waals surface area contributed by atoms with E-state index in [1.807, 2.05) is 18.2 Å². The maximum absolute atomic E-state index is 5.62. The van der Waals surface area contributed by atoms with Crippen LogP contribution in [0.2, 0.25) is 0 Å². The Morgan fingerprint density at radius 2 is 2.11 bits per heavy atom. The van der Waals surface area contributed by atoms with Crippen LogP contribution in [0, 0.1) is 0 Å². The van der Waals surface area contributed by atoms with Crippen molar-refractivity contribution in [2.24, 2.45) is 5.73 Å². The van der Waals surface area contributed by atoms with Gasteiger partial charge in [0.05, 0.1) is 0 Å². The van der Waals surface area contributed by atoms with Crippen molar-refractivity contribution in [3.8, 4) is 0 Å². The predicted octanol–water partition coefficient (Wildman–Crippen LogP) is 3.06. The lowest BCUT2D eigenvalue weighted by Crippen LogP contribution is -2.40. The second kappa shape index (κ2) is 5.55. The number of nitrogens with one attached hydrogen (secondary N) is 1. The van der Waals surface area contributed by atoms with Gasteiger partial charge in [-0.1, -0.05) is 12.2 Å². The Labute approximate surface area is 121 Å². The van der Waals surface area contributed by atoms with Crippen LogP contribution < -0.4 is 11.1 Å². The molecular weight excluding hydrogens is 312 g/mol. The maximum Gasteiger partial charge on any atom is 0.104 e. The van der Waals surface area contributed by atoms with Crippen molar-refractivity contribution in [1.29, 1.82) is 0 Å². The highest BCUT2D eigenvalue weighted by atomic mass is 79.9. The van der Waals surface area contributed by atoms with E-state index in [-0.39, 0.29) is 5.54 Å². The average molecular weight is 329 g/mol. The van der Waals surface area contributed by atoms with Crippen LogP contribution in [0.15, 0.2) is 22.7 Å². The minimum Gasteiger partial charge on any atom is -0.389 e. The van der Waals surface area contributed by atoms with E-state index in [1.54, 1.807) is 0 Å². The Morgan fingerprint density at radius 1 is 1.44 bits per heavy atom. The fourth-order valence-corrected chi connectivity index (χ4v) is 2.65. The molecule has 0 aliphatic carbocycles. The number of halogens is 1. The summed E-state index contributed by atoms with van der Waals surface area (Å²) in [4.78, 5) is 0.416. The van der Waals surface area contributed by atoms with Crippen molar-refractivity contribution >= 4 is 38.8 Å². The quantitative estimate of drug-likeness (QED) is 0.837. The van der Waals surface area contributed by atoms with Crippen molar-refractivity contribution in [2.75, 3.05) is 18.5 Å². The molecule has 0 amide bonds. The van der Waals surface area contributed by atoms with E-state index in [0.29, 0.717) is 4.99 Å². The van der Waals surface area contributed by atoms with Gasteiger partial charge in [-0.25, -0.2) is 0 Å². The maximum atomic E-state index is 5.62. The summed E-state index contributed by atoms with van der Waals surface area (Å²) in [6.45, 7) is 3.85. The second-order valence-electron chi connectivity index (χ2n) is 4.86. The molecule has 3 nitrogen and oxygen atoms in total. The molecule has 0 bridgehead atoms. The van der Waals surface area contributed by atoms with E-state index in [9.17, 15) is 0 Å². The molecule has 3 N–H and O–H groups in total. The fraction of sp³-hybridized carbons (Fsp3) is 0.462. The number of benzene rings is 1. The Morgan fingerprint density at radius 3 is 2.67 bits per heavy atom. The van der Waals surface area contributed by atoms with Crippen LogP contribution in [0.5, 0.6) is 0 Å². The molecule has 98 valence electrons. The molecule has 5 heteroatoms. The smallest absolute Gasteiger partial charge is 0.104 e. The lowest BCUT2D eigenvalue weighted by Gasteiger charge is -2.35. The van der Waals surface area contributed by atoms with Gasteiger partial charge < -0.3 is 15.8 Å². The summed E-state index contributed by atoms with van der Waals surface area (Å²) in [6.07, 6.45) is 2.02. The number of thiocarbonyl (C=S) groups is 1. The molecule has 1 saturated heterocycles. The van der Waals surface area contributed by atoms with Crippen LogP contribution in [0.1, 0.15) is 25.3 Å². The van der Waals surface area contributed by atoms with Crippen LogP contribution in [-0.2, 0) is 4.74 Å². The number of hydrogen-bond donors (Lipinski definition) is 2. The SMILES string of the molecule is CC1(Nc2ccc(C(N)=S)cc2Br)CCOCC1. The number of rotatable bonds is 3. The van der Waals surface area contributed by atoms with Crippen molar-refractivity contribution in [3.05, 3.63) is 28.2 Å². The van der Waals surface area contributed by atoms with E-state index in [4.69, 9.17) is 22.7 Å². The number of hydrogen-bond acceptors (Lipinski definition) is 3. The molecule has 0 unspecified atom stereocenters. The standard InChI is InChI=1S/C13H17BrN2OS/c1-13(4-6-17-7-5-13)16-11-3-2-9(12(15)18)8-10(11)14/h2-3,8,16H,4-7H2,1H3,(H2,15,18). The van der Waals surface area contributed by atoms with E-state index >= 15 is 0 Å². The minimum absolute atomic E-state index is 0.0888. The zero-order valence-corrected chi connectivity index (χ0v) is 12.7. The first-order chi connectivity index (χ1) is 8.50. The van der Waals surface area contributed by atoms with Crippen molar-refractivity contribution in [1.82, 2.24) is 0 Å². The summed E-state index contributed by atoms with van der Waals surface area (Å²) in [5, 5.41) is 3.58. The van der Waals surface area contributed by atoms with Gasteiger partial charge in [0.25, 0.3) is 0 Å². The van der Waals surface area contributed by atoms with E-state index in [0.717, 1.165) is 41.8 Å². The topological polar surface area (TPSA) is 47.3 Å². The van der Waals surface area contributed by atoms with Gasteiger partial charge in [-0.2, -0.15) is 0 Å². The molecule has 0 saturated carbocycles. The highest BCUT2D eigenvalue weighted by Gasteiger charge is 2.27. The van der Waals surface area contributed by atoms with Gasteiger partial charge in [0, 0.05) is 34.5 Å². The summed E-state index contributed by atoms with van der Waals surface area (Å²) in [5.74, 6) is 0. The molecule has 1 aliphatic heterocycles. The van der Waals surface area contributed by atoms with E-state index < -0.39 is 0 Å². The second-order valence-corrected chi connectivity index (χ2v) is 6.15. The third-order valence-electron chi connectivity index (χ3n) is 3.29. The molecule has 18 heavy (non-hydrogen) atoms. The Kier molecular flexibility index (Phi) is 4.25. The Hall–Kier alpha value is -0.650. The molecular formula is C13H17BrN2OS. The molecule has 2 rings (SSSR count). The lowest BCUT2D eigenvalue weighted by atomic mass is 9.92. The lowest BCUT2D eigenvalue weighted by molar-refractivity contribution is 0.0658. The van der Waals surface area contributed by atoms with Gasteiger partial charge in [0.15, 0.2) is 0 Å². The molecule has 1 fully saturated rings. The van der Waals surface area contributed by atoms with Crippen LogP contribution in [-0.4, -0.2) is 23.7 Å². The van der Waals surface area contributed by atoms with Gasteiger partial charge in [0.1, 0.15) is 4.99 Å². The molecule has 1 heterocycles. The van der Waals surface area contributed by atoms with E-state index in [2.05, 4.69) is 28.2 Å². The number of ether oxygens (including phenoxy) is 1. The van der Waals surface area contributed by atoms with Gasteiger partial charge in [-0.3, -0.25) is 0 Å². The highest BCUT2D eigenvalue weighted by molar-refractivity contribution is 9.10. The van der Waals surface area contributed by atoms with Crippen molar-refractivity contribution in [2.45, 2.75) is 25.3 Å². The summed E-state index contributed by atoms with van der Waals surface area (Å²) in [5.41, 5.74) is 7.65. The van der Waals surface area contributed by atoms with Gasteiger partial charge in [-0.15, -0.1) is 0 Å². The van der Waals surface area contributed by atoms with Gasteiger partial charge in [-0.05, 0) is 53.9 Å². The highest BCUT2D eigenvalue weighted by Crippen LogP contribution is 2.30. The molecule has 0 spiro atoms. The zero-order valence-electron chi connectivity index (χ0n) is 10.3. The third kappa shape index (κ3) is 3.22. The summed E-state index contributed by atoms with van der Waals surface area (Å²) >= 11 is 8.53. The normalized spacial score (nSPS) is 18.3. The fourth-order valence-electron chi connectivity index (χ4n) is 2.04. The van der Waals surface area contributed by atoms with Crippen LogP contribution >= 0.6 is 28.1 Å². The minimum atomic E-state index is 0.0888. The van der Waals surface area contributed by atoms with Crippen molar-refractivity contribution < 1.29 is 4.74 Å². The van der Waals surface area contributed by atoms with Crippen LogP contribution in [0.4, 0.5) is 5.69 Å². The molecule has 1 aromatic rings. The molecule has 0 radical (unpaired) electrons. The number of nitrogens with two attached hydrogens (primary N) is 1. The summed E-state index contributed by atoms with van der Waals surface area (Å²) < 4.78 is 6.38. The van der Waals surface area contributed by atoms with E-state index in [1.165, 1.54) is 0 Å². The molecule has 0 aromatic heterocycles. The largest absolute Gasteiger partial charge is 0.389 e. The summed E-state index contributed by atoms with van der Waals surface area (Å²) in [7, 11) is 0. The van der Waals surface area contributed by atoms with Crippen LogP contribution in [0.25, 0.3) is 0 Å². The molecule has 1 aliphatic rings. The Bertz CT molecular complexity index is 458. The first-order valence-electron chi connectivity index (χ1n) is 5.95. The van der Waals surface area contributed by atoms with Gasteiger partial charge >= 0.3 is 0 Å². The zero-order chi connectivity index (χ0) is 13.2. The monoisotopic (exact) mass is 328 g/mol. The Balaban J connectivity index is 2.16. The first kappa shape index (κ1) is 13.8. The molecule has 1 aromatic carbocycles. The van der Waals surface area contributed by atoms with Gasteiger partial charge in [0.2, 0.25) is 0 Å². The summed E-state index contributed by atoms with van der Waals surface area (Å²) in [6, 6.07) is 5.91.